The average Bonchev–Trinajstić information content (AvgIpc) is 3.17. The van der Waals surface area contributed by atoms with Gasteiger partial charge in [0.2, 0.25) is 5.95 Å². The maximum atomic E-state index is 12.9. The van der Waals surface area contributed by atoms with Crippen molar-refractivity contribution < 1.29 is 9.21 Å². The van der Waals surface area contributed by atoms with E-state index in [1.54, 1.807) is 12.4 Å². The van der Waals surface area contributed by atoms with Gasteiger partial charge >= 0.3 is 0 Å². The van der Waals surface area contributed by atoms with Crippen LogP contribution in [0, 0.1) is 6.92 Å². The van der Waals surface area contributed by atoms with E-state index >= 15 is 0 Å². The van der Waals surface area contributed by atoms with Crippen molar-refractivity contribution in [3.8, 4) is 11.3 Å². The lowest BCUT2D eigenvalue weighted by Gasteiger charge is -2.35. The van der Waals surface area contributed by atoms with Crippen LogP contribution >= 0.6 is 0 Å². The Kier molecular flexibility index (Phi) is 6.09. The molecular weight excluding hydrogens is 378 g/mol. The monoisotopic (exact) mass is 405 g/mol. The molecule has 30 heavy (non-hydrogen) atoms. The van der Waals surface area contributed by atoms with Gasteiger partial charge in [0.1, 0.15) is 11.5 Å². The van der Waals surface area contributed by atoms with E-state index in [9.17, 15) is 4.79 Å². The zero-order valence-electron chi connectivity index (χ0n) is 17.4. The minimum absolute atomic E-state index is 0.0239. The van der Waals surface area contributed by atoms with Crippen molar-refractivity contribution in [2.24, 2.45) is 0 Å². The fraction of sp³-hybridized carbons (Fsp3) is 0.348. The topological polar surface area (TPSA) is 74.5 Å². The first-order chi connectivity index (χ1) is 14.6. The van der Waals surface area contributed by atoms with Crippen LogP contribution in [-0.4, -0.2) is 59.5 Å². The van der Waals surface area contributed by atoms with Crippen LogP contribution in [0.15, 0.2) is 59.3 Å². The number of nitrogens with zero attached hydrogens (tertiary/aromatic N) is 4. The Labute approximate surface area is 176 Å². The Balaban J connectivity index is 1.33. The Bertz CT molecular complexity index is 966. The molecule has 1 aliphatic rings. The molecule has 3 aromatic rings. The van der Waals surface area contributed by atoms with Gasteiger partial charge < -0.3 is 14.6 Å². The Hall–Kier alpha value is -3.19. The number of aryl methyl sites for hydroxylation is 1. The molecule has 0 aliphatic carbocycles. The number of rotatable bonds is 6. The molecule has 156 valence electrons. The number of carbonyl (C=O) groups is 1. The average molecular weight is 406 g/mol. The van der Waals surface area contributed by atoms with Gasteiger partial charge in [-0.2, -0.15) is 0 Å². The first kappa shape index (κ1) is 20.1. The molecule has 1 amide bonds. The Morgan fingerprint density at radius 3 is 2.50 bits per heavy atom. The van der Waals surface area contributed by atoms with Gasteiger partial charge in [0.05, 0.1) is 5.56 Å². The number of amides is 1. The highest BCUT2D eigenvalue weighted by atomic mass is 16.3. The number of furan rings is 1. The van der Waals surface area contributed by atoms with Crippen LogP contribution in [-0.2, 0) is 0 Å². The normalized spacial score (nSPS) is 15.7. The van der Waals surface area contributed by atoms with Crippen LogP contribution in [0.1, 0.15) is 23.0 Å². The summed E-state index contributed by atoms with van der Waals surface area (Å²) in [5.41, 5.74) is 1.49. The summed E-state index contributed by atoms with van der Waals surface area (Å²) in [6, 6.07) is 13.4. The molecule has 0 bridgehead atoms. The summed E-state index contributed by atoms with van der Waals surface area (Å²) < 4.78 is 5.82. The predicted octanol–water partition coefficient (Wildman–Crippen LogP) is 2.99. The third-order valence-corrected chi connectivity index (χ3v) is 5.25. The van der Waals surface area contributed by atoms with Crippen LogP contribution < -0.4 is 10.2 Å². The largest absolute Gasteiger partial charge is 0.461 e. The molecule has 1 unspecified atom stereocenters. The first-order valence-electron chi connectivity index (χ1n) is 10.3. The van der Waals surface area contributed by atoms with Gasteiger partial charge in [-0.25, -0.2) is 9.97 Å². The van der Waals surface area contributed by atoms with Crippen molar-refractivity contribution in [1.29, 1.82) is 0 Å². The van der Waals surface area contributed by atoms with E-state index in [-0.39, 0.29) is 11.9 Å². The molecule has 1 N–H and O–H groups in total. The summed E-state index contributed by atoms with van der Waals surface area (Å²) in [7, 11) is 0. The number of hydrogen-bond donors (Lipinski definition) is 1. The minimum Gasteiger partial charge on any atom is -0.461 e. The van der Waals surface area contributed by atoms with Crippen LogP contribution in [0.2, 0.25) is 0 Å². The van der Waals surface area contributed by atoms with E-state index in [1.807, 2.05) is 56.3 Å². The summed E-state index contributed by atoms with van der Waals surface area (Å²) in [5.74, 6) is 2.02. The van der Waals surface area contributed by atoms with Crippen LogP contribution in [0.5, 0.6) is 0 Å². The van der Waals surface area contributed by atoms with E-state index in [0.29, 0.717) is 11.3 Å². The van der Waals surface area contributed by atoms with Gasteiger partial charge in [0.15, 0.2) is 0 Å². The summed E-state index contributed by atoms with van der Waals surface area (Å²) in [6.45, 7) is 8.29. The standard InChI is InChI=1S/C23H27N5O2/c1-17(16-27-11-13-28(14-12-27)23-24-9-6-10-25-23)26-22(29)20-15-18(2)30-21(20)19-7-4-3-5-8-19/h3-10,15,17H,11-14,16H2,1-2H3,(H,26,29). The number of anilines is 1. The van der Waals surface area contributed by atoms with E-state index in [4.69, 9.17) is 4.42 Å². The SMILES string of the molecule is Cc1cc(C(=O)NC(C)CN2CCN(c3ncccn3)CC2)c(-c2ccccc2)o1. The number of hydrogen-bond acceptors (Lipinski definition) is 6. The van der Waals surface area contributed by atoms with E-state index in [1.165, 1.54) is 0 Å². The van der Waals surface area contributed by atoms with Gasteiger partial charge in [-0.3, -0.25) is 9.69 Å². The second kappa shape index (κ2) is 9.09. The number of nitrogens with one attached hydrogen (secondary N) is 1. The summed E-state index contributed by atoms with van der Waals surface area (Å²) in [6.07, 6.45) is 3.54. The number of benzene rings is 1. The van der Waals surface area contributed by atoms with Crippen LogP contribution in [0.3, 0.4) is 0 Å². The third-order valence-electron chi connectivity index (χ3n) is 5.25. The first-order valence-corrected chi connectivity index (χ1v) is 10.3. The number of piperazine rings is 1. The van der Waals surface area contributed by atoms with Crippen LogP contribution in [0.25, 0.3) is 11.3 Å². The van der Waals surface area contributed by atoms with E-state index < -0.39 is 0 Å². The van der Waals surface area contributed by atoms with Gasteiger partial charge in [-0.15, -0.1) is 0 Å². The van der Waals surface area contributed by atoms with Crippen molar-refractivity contribution in [3.63, 3.8) is 0 Å². The van der Waals surface area contributed by atoms with Crippen LogP contribution in [0.4, 0.5) is 5.95 Å². The molecule has 2 aromatic heterocycles. The third kappa shape index (κ3) is 4.68. The fourth-order valence-corrected chi connectivity index (χ4v) is 3.81. The number of carbonyl (C=O) groups excluding carboxylic acids is 1. The van der Waals surface area contributed by atoms with Gasteiger partial charge in [-0.05, 0) is 26.0 Å². The Morgan fingerprint density at radius 1 is 1.10 bits per heavy atom. The van der Waals surface area contributed by atoms with Crippen molar-refractivity contribution in [3.05, 3.63) is 66.2 Å². The molecule has 1 fully saturated rings. The maximum Gasteiger partial charge on any atom is 0.255 e. The highest BCUT2D eigenvalue weighted by Crippen LogP contribution is 2.27. The molecular formula is C23H27N5O2. The molecule has 7 nitrogen and oxygen atoms in total. The second-order valence-corrected chi connectivity index (χ2v) is 7.68. The van der Waals surface area contributed by atoms with E-state index in [0.717, 1.165) is 50.0 Å². The van der Waals surface area contributed by atoms with Crippen molar-refractivity contribution >= 4 is 11.9 Å². The van der Waals surface area contributed by atoms with E-state index in [2.05, 4.69) is 25.1 Å². The molecule has 1 saturated heterocycles. The minimum atomic E-state index is -0.102. The molecule has 1 aliphatic heterocycles. The lowest BCUT2D eigenvalue weighted by molar-refractivity contribution is 0.0928. The number of aromatic nitrogens is 2. The lowest BCUT2D eigenvalue weighted by atomic mass is 10.1. The van der Waals surface area contributed by atoms with Gasteiger partial charge in [0, 0.05) is 56.7 Å². The van der Waals surface area contributed by atoms with Crippen molar-refractivity contribution in [2.45, 2.75) is 19.9 Å². The zero-order valence-corrected chi connectivity index (χ0v) is 17.4. The fourth-order valence-electron chi connectivity index (χ4n) is 3.81. The second-order valence-electron chi connectivity index (χ2n) is 7.68. The molecule has 1 aromatic carbocycles. The molecule has 1 atom stereocenters. The lowest BCUT2D eigenvalue weighted by Crippen LogP contribution is -2.51. The van der Waals surface area contributed by atoms with Gasteiger partial charge in [-0.1, -0.05) is 30.3 Å². The van der Waals surface area contributed by atoms with Gasteiger partial charge in [0.25, 0.3) is 5.91 Å². The molecule has 7 heteroatoms. The maximum absolute atomic E-state index is 12.9. The molecule has 3 heterocycles. The Morgan fingerprint density at radius 2 is 1.80 bits per heavy atom. The summed E-state index contributed by atoms with van der Waals surface area (Å²) >= 11 is 0. The molecule has 4 rings (SSSR count). The quantitative estimate of drug-likeness (QED) is 0.680. The molecule has 0 saturated carbocycles. The zero-order chi connectivity index (χ0) is 20.9. The summed E-state index contributed by atoms with van der Waals surface area (Å²) in [5, 5.41) is 3.13. The molecule has 0 radical (unpaired) electrons. The highest BCUT2D eigenvalue weighted by molar-refractivity contribution is 6.00. The summed E-state index contributed by atoms with van der Waals surface area (Å²) in [4.78, 5) is 26.1. The molecule has 0 spiro atoms. The van der Waals surface area contributed by atoms with Crippen molar-refractivity contribution in [2.75, 3.05) is 37.6 Å². The highest BCUT2D eigenvalue weighted by Gasteiger charge is 2.23. The smallest absolute Gasteiger partial charge is 0.255 e. The van der Waals surface area contributed by atoms with Crippen molar-refractivity contribution in [1.82, 2.24) is 20.2 Å². The predicted molar refractivity (Wildman–Crippen MR) is 116 cm³/mol.